The number of nitrogens with one attached hydrogen (secondary N) is 1. The van der Waals surface area contributed by atoms with Crippen LogP contribution in [0.5, 0.6) is 0 Å². The van der Waals surface area contributed by atoms with Crippen LogP contribution in [-0.2, 0) is 11.3 Å². The molecule has 22 heavy (non-hydrogen) atoms. The Morgan fingerprint density at radius 1 is 1.32 bits per heavy atom. The van der Waals surface area contributed by atoms with Crippen molar-refractivity contribution < 1.29 is 14.7 Å². The molecule has 2 amide bonds. The van der Waals surface area contributed by atoms with Crippen LogP contribution in [0.4, 0.5) is 0 Å². The molecule has 5 nitrogen and oxygen atoms in total. The van der Waals surface area contributed by atoms with Gasteiger partial charge in [-0.1, -0.05) is 17.7 Å². The summed E-state index contributed by atoms with van der Waals surface area (Å²) in [6, 6.07) is 7.19. The van der Waals surface area contributed by atoms with Crippen molar-refractivity contribution in [2.45, 2.75) is 32.9 Å². The van der Waals surface area contributed by atoms with Crippen molar-refractivity contribution in [3.63, 3.8) is 0 Å². The summed E-state index contributed by atoms with van der Waals surface area (Å²) < 4.78 is 0. The first kappa shape index (κ1) is 16.2. The number of rotatable bonds is 4. The lowest BCUT2D eigenvalue weighted by atomic mass is 10.1. The Kier molecular flexibility index (Phi) is 5.33. The highest BCUT2D eigenvalue weighted by Gasteiger charge is 2.25. The SMILES string of the molecule is CC(C)=CC(=O)NCc1ccc(C(=O)N2CC[C@@H](O)C2)cc1. The summed E-state index contributed by atoms with van der Waals surface area (Å²) in [5, 5.41) is 12.3. The average molecular weight is 302 g/mol. The van der Waals surface area contributed by atoms with Crippen LogP contribution < -0.4 is 5.32 Å². The number of nitrogens with zero attached hydrogens (tertiary/aromatic N) is 1. The van der Waals surface area contributed by atoms with E-state index < -0.39 is 6.10 Å². The summed E-state index contributed by atoms with van der Waals surface area (Å²) in [4.78, 5) is 25.4. The molecule has 0 bridgehead atoms. The van der Waals surface area contributed by atoms with E-state index in [4.69, 9.17) is 0 Å². The summed E-state index contributed by atoms with van der Waals surface area (Å²) in [5.74, 6) is -0.178. The molecule has 1 fully saturated rings. The molecule has 2 rings (SSSR count). The standard InChI is InChI=1S/C17H22N2O3/c1-12(2)9-16(21)18-10-13-3-5-14(6-4-13)17(22)19-8-7-15(20)11-19/h3-6,9,15,20H,7-8,10-11H2,1-2H3,(H,18,21)/t15-/m1/s1. The predicted octanol–water partition coefficient (Wildman–Crippen LogP) is 1.48. The summed E-state index contributed by atoms with van der Waals surface area (Å²) in [6.07, 6.45) is 1.78. The molecular formula is C17H22N2O3. The van der Waals surface area contributed by atoms with Crippen molar-refractivity contribution in [3.8, 4) is 0 Å². The fraction of sp³-hybridized carbons (Fsp3) is 0.412. The normalized spacial score (nSPS) is 17.2. The van der Waals surface area contributed by atoms with Crippen LogP contribution in [0.25, 0.3) is 0 Å². The topological polar surface area (TPSA) is 69.6 Å². The van der Waals surface area contributed by atoms with E-state index >= 15 is 0 Å². The van der Waals surface area contributed by atoms with Gasteiger partial charge in [0.15, 0.2) is 0 Å². The maximum atomic E-state index is 12.2. The molecule has 5 heteroatoms. The third kappa shape index (κ3) is 4.43. The van der Waals surface area contributed by atoms with Gasteiger partial charge in [0.05, 0.1) is 6.10 Å². The highest BCUT2D eigenvalue weighted by Crippen LogP contribution is 2.14. The molecule has 0 aromatic heterocycles. The van der Waals surface area contributed by atoms with Crippen molar-refractivity contribution in [1.29, 1.82) is 0 Å². The van der Waals surface area contributed by atoms with E-state index in [9.17, 15) is 14.7 Å². The van der Waals surface area contributed by atoms with E-state index in [-0.39, 0.29) is 11.8 Å². The molecular weight excluding hydrogens is 280 g/mol. The highest BCUT2D eigenvalue weighted by atomic mass is 16.3. The molecule has 2 N–H and O–H groups in total. The number of amides is 2. The van der Waals surface area contributed by atoms with Gasteiger partial charge in [0.25, 0.3) is 5.91 Å². The van der Waals surface area contributed by atoms with Crippen molar-refractivity contribution in [2.24, 2.45) is 0 Å². The molecule has 0 unspecified atom stereocenters. The number of benzene rings is 1. The Balaban J connectivity index is 1.91. The number of carbonyl (C=O) groups is 2. The smallest absolute Gasteiger partial charge is 0.253 e. The average Bonchev–Trinajstić information content (AvgIpc) is 2.91. The Hall–Kier alpha value is -2.14. The number of hydrogen-bond acceptors (Lipinski definition) is 3. The van der Waals surface area contributed by atoms with E-state index in [1.807, 2.05) is 26.0 Å². The zero-order valence-electron chi connectivity index (χ0n) is 13.0. The van der Waals surface area contributed by atoms with Gasteiger partial charge in [0.2, 0.25) is 5.91 Å². The molecule has 118 valence electrons. The molecule has 1 saturated heterocycles. The quantitative estimate of drug-likeness (QED) is 0.828. The fourth-order valence-corrected chi connectivity index (χ4v) is 2.38. The highest BCUT2D eigenvalue weighted by molar-refractivity contribution is 5.94. The predicted molar refractivity (Wildman–Crippen MR) is 84.2 cm³/mol. The van der Waals surface area contributed by atoms with Gasteiger partial charge in [0.1, 0.15) is 0 Å². The first-order chi connectivity index (χ1) is 10.5. The summed E-state index contributed by atoms with van der Waals surface area (Å²) >= 11 is 0. The van der Waals surface area contributed by atoms with Gasteiger partial charge in [-0.25, -0.2) is 0 Å². The number of aliphatic hydroxyl groups is 1. The maximum absolute atomic E-state index is 12.2. The summed E-state index contributed by atoms with van der Waals surface area (Å²) in [5.41, 5.74) is 2.49. The zero-order chi connectivity index (χ0) is 16.1. The Labute approximate surface area is 130 Å². The number of β-amino-alcohol motifs (C(OH)–C–C–N with tert-alkyl or cyclic N) is 1. The lowest BCUT2D eigenvalue weighted by molar-refractivity contribution is -0.116. The molecule has 0 spiro atoms. The van der Waals surface area contributed by atoms with Crippen LogP contribution in [0.2, 0.25) is 0 Å². The Morgan fingerprint density at radius 3 is 2.55 bits per heavy atom. The lowest BCUT2D eigenvalue weighted by Crippen LogP contribution is -2.29. The first-order valence-electron chi connectivity index (χ1n) is 7.44. The van der Waals surface area contributed by atoms with Crippen LogP contribution in [-0.4, -0.2) is 41.0 Å². The second-order valence-electron chi connectivity index (χ2n) is 5.83. The Bertz CT molecular complexity index is 574. The van der Waals surface area contributed by atoms with Gasteiger partial charge in [-0.3, -0.25) is 9.59 Å². The van der Waals surface area contributed by atoms with E-state index in [1.54, 1.807) is 23.1 Å². The van der Waals surface area contributed by atoms with Gasteiger partial charge in [-0.15, -0.1) is 0 Å². The first-order valence-corrected chi connectivity index (χ1v) is 7.44. The van der Waals surface area contributed by atoms with E-state index in [0.29, 0.717) is 31.6 Å². The van der Waals surface area contributed by atoms with Gasteiger partial charge in [-0.2, -0.15) is 0 Å². The third-order valence-electron chi connectivity index (χ3n) is 3.54. The van der Waals surface area contributed by atoms with Crippen LogP contribution in [0.3, 0.4) is 0 Å². The van der Waals surface area contributed by atoms with E-state index in [2.05, 4.69) is 5.32 Å². The van der Waals surface area contributed by atoms with Gasteiger partial charge in [0, 0.05) is 31.3 Å². The minimum absolute atomic E-state index is 0.0586. The van der Waals surface area contributed by atoms with Crippen molar-refractivity contribution in [2.75, 3.05) is 13.1 Å². The van der Waals surface area contributed by atoms with Gasteiger partial charge in [-0.05, 0) is 38.0 Å². The molecule has 0 aliphatic carbocycles. The third-order valence-corrected chi connectivity index (χ3v) is 3.54. The number of aliphatic hydroxyl groups excluding tert-OH is 1. The van der Waals surface area contributed by atoms with Crippen molar-refractivity contribution >= 4 is 11.8 Å². The van der Waals surface area contributed by atoms with Crippen LogP contribution in [0.1, 0.15) is 36.2 Å². The zero-order valence-corrected chi connectivity index (χ0v) is 13.0. The fourth-order valence-electron chi connectivity index (χ4n) is 2.38. The molecule has 1 heterocycles. The van der Waals surface area contributed by atoms with E-state index in [1.165, 1.54) is 0 Å². The summed E-state index contributed by atoms with van der Waals surface area (Å²) in [6.45, 7) is 5.17. The van der Waals surface area contributed by atoms with Gasteiger partial charge >= 0.3 is 0 Å². The lowest BCUT2D eigenvalue weighted by Gasteiger charge is -2.15. The molecule has 1 aliphatic heterocycles. The van der Waals surface area contributed by atoms with Gasteiger partial charge < -0.3 is 15.3 Å². The molecule has 1 aliphatic rings. The number of allylic oxidation sites excluding steroid dienone is 1. The number of carbonyl (C=O) groups excluding carboxylic acids is 2. The van der Waals surface area contributed by atoms with Crippen LogP contribution in [0.15, 0.2) is 35.9 Å². The van der Waals surface area contributed by atoms with Crippen molar-refractivity contribution in [3.05, 3.63) is 47.0 Å². The number of likely N-dealkylation sites (tertiary alicyclic amines) is 1. The minimum atomic E-state index is -0.409. The maximum Gasteiger partial charge on any atom is 0.253 e. The molecule has 1 aromatic carbocycles. The Morgan fingerprint density at radius 2 is 2.00 bits per heavy atom. The second kappa shape index (κ2) is 7.22. The molecule has 1 aromatic rings. The largest absolute Gasteiger partial charge is 0.391 e. The molecule has 0 radical (unpaired) electrons. The van der Waals surface area contributed by atoms with Crippen LogP contribution >= 0.6 is 0 Å². The van der Waals surface area contributed by atoms with Crippen LogP contribution in [0, 0.1) is 0 Å². The number of hydrogen-bond donors (Lipinski definition) is 2. The summed E-state index contributed by atoms with van der Waals surface area (Å²) in [7, 11) is 0. The monoisotopic (exact) mass is 302 g/mol. The second-order valence-corrected chi connectivity index (χ2v) is 5.83. The molecule has 0 saturated carbocycles. The molecule has 1 atom stereocenters. The van der Waals surface area contributed by atoms with Crippen molar-refractivity contribution in [1.82, 2.24) is 10.2 Å². The minimum Gasteiger partial charge on any atom is -0.391 e. The van der Waals surface area contributed by atoms with E-state index in [0.717, 1.165) is 11.1 Å².